The van der Waals surface area contributed by atoms with Gasteiger partial charge >= 0.3 is 0 Å². The highest BCUT2D eigenvalue weighted by atomic mass is 79.9. The van der Waals surface area contributed by atoms with Gasteiger partial charge in [0.05, 0.1) is 15.2 Å². The Bertz CT molecular complexity index is 733. The molecule has 0 spiro atoms. The fraction of sp³-hybridized carbons (Fsp3) is 0.200. The molecule has 108 valence electrons. The second-order valence-corrected chi connectivity index (χ2v) is 6.44. The first-order valence-corrected chi connectivity index (χ1v) is 8.21. The number of nitrogens with zero attached hydrogens (tertiary/aromatic N) is 1. The van der Waals surface area contributed by atoms with E-state index in [4.69, 9.17) is 4.42 Å². The van der Waals surface area contributed by atoms with Gasteiger partial charge in [-0.25, -0.2) is 4.98 Å². The van der Waals surface area contributed by atoms with Gasteiger partial charge in [0.2, 0.25) is 0 Å². The molecule has 3 rings (SSSR count). The summed E-state index contributed by atoms with van der Waals surface area (Å²) < 4.78 is 6.96. The number of amides is 1. The largest absolute Gasteiger partial charge is 0.444 e. The summed E-state index contributed by atoms with van der Waals surface area (Å²) in [6.45, 7) is 0.604. The van der Waals surface area contributed by atoms with Crippen molar-refractivity contribution in [2.24, 2.45) is 0 Å². The molecule has 0 saturated heterocycles. The normalized spacial score (nSPS) is 10.9. The van der Waals surface area contributed by atoms with Crippen LogP contribution in [0.15, 0.2) is 45.5 Å². The number of fused-ring (bicyclic) bond motifs is 1. The van der Waals surface area contributed by atoms with Crippen LogP contribution in [0.4, 0.5) is 0 Å². The van der Waals surface area contributed by atoms with Crippen LogP contribution in [0.3, 0.4) is 0 Å². The Kier molecular flexibility index (Phi) is 4.36. The van der Waals surface area contributed by atoms with Gasteiger partial charge in [-0.1, -0.05) is 12.1 Å². The monoisotopic (exact) mass is 364 g/mol. The number of carbonyl (C=O) groups is 1. The minimum atomic E-state index is -0.190. The van der Waals surface area contributed by atoms with Crippen molar-refractivity contribution in [3.63, 3.8) is 0 Å². The molecule has 0 fully saturated rings. The molecular weight excluding hydrogens is 352 g/mol. The van der Waals surface area contributed by atoms with Gasteiger partial charge in [0.15, 0.2) is 10.4 Å². The first-order chi connectivity index (χ1) is 10.2. The lowest BCUT2D eigenvalue weighted by Gasteiger charge is -2.01. The molecule has 6 heteroatoms. The number of hydrogen-bond donors (Lipinski definition) is 1. The lowest BCUT2D eigenvalue weighted by atomic mass is 10.3. The highest BCUT2D eigenvalue weighted by molar-refractivity contribution is 9.10. The molecule has 3 aromatic rings. The van der Waals surface area contributed by atoms with E-state index in [2.05, 4.69) is 32.3 Å². The maximum absolute atomic E-state index is 11.8. The molecule has 0 aliphatic carbocycles. The van der Waals surface area contributed by atoms with Crippen molar-refractivity contribution in [3.05, 3.63) is 51.8 Å². The molecule has 1 aromatic carbocycles. The molecule has 21 heavy (non-hydrogen) atoms. The van der Waals surface area contributed by atoms with Gasteiger partial charge in [0, 0.05) is 13.0 Å². The topological polar surface area (TPSA) is 55.1 Å². The summed E-state index contributed by atoms with van der Waals surface area (Å²) in [5.41, 5.74) is 1.04. The molecule has 0 radical (unpaired) electrons. The van der Waals surface area contributed by atoms with Crippen molar-refractivity contribution in [2.75, 3.05) is 6.54 Å². The van der Waals surface area contributed by atoms with E-state index in [-0.39, 0.29) is 5.91 Å². The average Bonchev–Trinajstić information content (AvgIpc) is 3.09. The summed E-state index contributed by atoms with van der Waals surface area (Å²) in [6, 6.07) is 11.5. The smallest absolute Gasteiger partial charge is 0.287 e. The van der Waals surface area contributed by atoms with Crippen molar-refractivity contribution in [2.45, 2.75) is 12.8 Å². The Labute approximate surface area is 134 Å². The third-order valence-corrected chi connectivity index (χ3v) is 4.51. The van der Waals surface area contributed by atoms with Crippen LogP contribution in [0.1, 0.15) is 22.0 Å². The first-order valence-electron chi connectivity index (χ1n) is 6.60. The van der Waals surface area contributed by atoms with E-state index in [1.165, 1.54) is 4.70 Å². The highest BCUT2D eigenvalue weighted by Gasteiger charge is 2.09. The molecule has 0 aliphatic heterocycles. The Balaban J connectivity index is 1.49. The number of para-hydroxylation sites is 1. The van der Waals surface area contributed by atoms with Crippen LogP contribution < -0.4 is 5.32 Å². The number of thiazole rings is 1. The number of rotatable bonds is 5. The molecule has 0 saturated carbocycles. The molecule has 1 amide bonds. The van der Waals surface area contributed by atoms with E-state index in [9.17, 15) is 4.79 Å². The van der Waals surface area contributed by atoms with Crippen LogP contribution in [-0.2, 0) is 6.42 Å². The highest BCUT2D eigenvalue weighted by Crippen LogP contribution is 2.22. The number of halogens is 1. The molecule has 1 N–H and O–H groups in total. The van der Waals surface area contributed by atoms with Gasteiger partial charge < -0.3 is 9.73 Å². The van der Waals surface area contributed by atoms with Crippen molar-refractivity contribution in [3.8, 4) is 0 Å². The Morgan fingerprint density at radius 2 is 2.14 bits per heavy atom. The Hall–Kier alpha value is -1.66. The van der Waals surface area contributed by atoms with Gasteiger partial charge in [-0.2, -0.15) is 0 Å². The van der Waals surface area contributed by atoms with E-state index in [1.54, 1.807) is 23.5 Å². The fourth-order valence-corrected chi connectivity index (χ4v) is 3.31. The van der Waals surface area contributed by atoms with Gasteiger partial charge in [0.1, 0.15) is 0 Å². The maximum atomic E-state index is 11.8. The zero-order valence-corrected chi connectivity index (χ0v) is 13.5. The zero-order chi connectivity index (χ0) is 14.7. The number of hydrogen-bond acceptors (Lipinski definition) is 4. The Morgan fingerprint density at radius 3 is 2.90 bits per heavy atom. The van der Waals surface area contributed by atoms with E-state index in [0.29, 0.717) is 17.0 Å². The van der Waals surface area contributed by atoms with E-state index in [1.807, 2.05) is 18.2 Å². The molecule has 4 nitrogen and oxygen atoms in total. The summed E-state index contributed by atoms with van der Waals surface area (Å²) in [6.07, 6.45) is 1.72. The summed E-state index contributed by atoms with van der Waals surface area (Å²) in [5.74, 6) is 0.131. The molecule has 0 bridgehead atoms. The number of carbonyl (C=O) groups excluding carboxylic acids is 1. The lowest BCUT2D eigenvalue weighted by Crippen LogP contribution is -2.24. The molecule has 2 heterocycles. The third kappa shape index (κ3) is 3.51. The van der Waals surface area contributed by atoms with Gasteiger partial charge in [-0.05, 0) is 46.6 Å². The van der Waals surface area contributed by atoms with Crippen LogP contribution in [0.5, 0.6) is 0 Å². The van der Waals surface area contributed by atoms with Gasteiger partial charge in [-0.15, -0.1) is 11.3 Å². The standard InChI is InChI=1S/C15H13BrN2O2S/c16-13-8-7-11(20-13)15(19)17-9-3-6-14-18-10-4-1-2-5-12(10)21-14/h1-2,4-5,7-8H,3,6,9H2,(H,17,19). The first kappa shape index (κ1) is 14.3. The number of nitrogens with one attached hydrogen (secondary N) is 1. The van der Waals surface area contributed by atoms with Crippen LogP contribution in [-0.4, -0.2) is 17.4 Å². The van der Waals surface area contributed by atoms with Crippen LogP contribution >= 0.6 is 27.3 Å². The number of aryl methyl sites for hydroxylation is 1. The van der Waals surface area contributed by atoms with Crippen LogP contribution in [0, 0.1) is 0 Å². The Morgan fingerprint density at radius 1 is 1.29 bits per heavy atom. The van der Waals surface area contributed by atoms with Crippen molar-refractivity contribution < 1.29 is 9.21 Å². The zero-order valence-electron chi connectivity index (χ0n) is 11.1. The molecular formula is C15H13BrN2O2S. The maximum Gasteiger partial charge on any atom is 0.287 e. The lowest BCUT2D eigenvalue weighted by molar-refractivity contribution is 0.0924. The number of furan rings is 1. The predicted molar refractivity (Wildman–Crippen MR) is 86.7 cm³/mol. The van der Waals surface area contributed by atoms with Crippen molar-refractivity contribution >= 4 is 43.4 Å². The summed E-state index contributed by atoms with van der Waals surface area (Å²) in [4.78, 5) is 16.3. The van der Waals surface area contributed by atoms with Crippen LogP contribution in [0.2, 0.25) is 0 Å². The second-order valence-electron chi connectivity index (χ2n) is 4.54. The fourth-order valence-electron chi connectivity index (χ4n) is 1.99. The van der Waals surface area contributed by atoms with Gasteiger partial charge in [-0.3, -0.25) is 4.79 Å². The molecule has 2 aromatic heterocycles. The molecule has 0 atom stereocenters. The molecule has 0 aliphatic rings. The SMILES string of the molecule is O=C(NCCCc1nc2ccccc2s1)c1ccc(Br)o1. The predicted octanol–water partition coefficient (Wildman–Crippen LogP) is 4.01. The quantitative estimate of drug-likeness (QED) is 0.695. The summed E-state index contributed by atoms with van der Waals surface area (Å²) in [7, 11) is 0. The van der Waals surface area contributed by atoms with Crippen molar-refractivity contribution in [1.82, 2.24) is 10.3 Å². The number of aromatic nitrogens is 1. The van der Waals surface area contributed by atoms with Crippen LogP contribution in [0.25, 0.3) is 10.2 Å². The summed E-state index contributed by atoms with van der Waals surface area (Å²) >= 11 is 4.88. The van der Waals surface area contributed by atoms with E-state index >= 15 is 0 Å². The molecule has 0 unspecified atom stereocenters. The second kappa shape index (κ2) is 6.41. The summed E-state index contributed by atoms with van der Waals surface area (Å²) in [5, 5.41) is 3.94. The van der Waals surface area contributed by atoms with Crippen molar-refractivity contribution in [1.29, 1.82) is 0 Å². The van der Waals surface area contributed by atoms with E-state index in [0.717, 1.165) is 23.4 Å². The average molecular weight is 365 g/mol. The van der Waals surface area contributed by atoms with Gasteiger partial charge in [0.25, 0.3) is 5.91 Å². The number of benzene rings is 1. The minimum Gasteiger partial charge on any atom is -0.444 e. The van der Waals surface area contributed by atoms with E-state index < -0.39 is 0 Å². The minimum absolute atomic E-state index is 0.190. The third-order valence-electron chi connectivity index (χ3n) is 2.99.